The van der Waals surface area contributed by atoms with E-state index < -0.39 is 29.5 Å². The van der Waals surface area contributed by atoms with E-state index in [4.69, 9.17) is 0 Å². The lowest BCUT2D eigenvalue weighted by Crippen LogP contribution is -2.36. The van der Waals surface area contributed by atoms with Crippen LogP contribution in [0.3, 0.4) is 0 Å². The Labute approximate surface area is 240 Å². The fourth-order valence-corrected chi connectivity index (χ4v) is 5.20. The summed E-state index contributed by atoms with van der Waals surface area (Å²) >= 11 is 0. The second-order valence-electron chi connectivity index (χ2n) is 10.8. The molecule has 2 aliphatic rings. The first-order valence-electron chi connectivity index (χ1n) is 13.5. The molecule has 4 rings (SSSR count). The number of likely N-dealkylation sites (N-methyl/N-ethyl adjacent to an activating group) is 1. The van der Waals surface area contributed by atoms with Crippen LogP contribution >= 0.6 is 0 Å². The molecule has 2 aromatic carbocycles. The van der Waals surface area contributed by atoms with Crippen molar-refractivity contribution in [1.29, 1.82) is 0 Å². The molecule has 2 heterocycles. The third kappa shape index (κ3) is 7.99. The summed E-state index contributed by atoms with van der Waals surface area (Å²) in [5, 5.41) is 2.76. The monoisotopic (exact) mass is 594 g/mol. The van der Waals surface area contributed by atoms with Gasteiger partial charge in [-0.1, -0.05) is 42.5 Å². The molecule has 226 valence electrons. The normalized spacial score (nSPS) is 19.8. The number of allylic oxidation sites excluding steroid dienone is 1. The maximum Gasteiger partial charge on any atom is 0.416 e. The number of alkyl halides is 6. The summed E-state index contributed by atoms with van der Waals surface area (Å²) in [5.41, 5.74) is -1.23. The Hall–Kier alpha value is -3.67. The second-order valence-corrected chi connectivity index (χ2v) is 10.8. The molecule has 0 bridgehead atoms. The standard InChI is InChI=1S/C30H32F6N4O2/c1-39(2)28(42)25(15-19-6-4-3-5-7-19)37-27-22(16-26(41)38-27)14-20-10-12-40(13-11-20)18-21-8-9-23(29(31,32)33)17-24(21)30(34,35)36/h3-9,14,17,20,25H,10-13,15-16,18H2,1-2H3,(H,37,38,41). The van der Waals surface area contributed by atoms with Crippen molar-refractivity contribution in [1.82, 2.24) is 15.1 Å². The van der Waals surface area contributed by atoms with Crippen molar-refractivity contribution in [3.05, 3.63) is 82.4 Å². The predicted octanol–water partition coefficient (Wildman–Crippen LogP) is 5.48. The smallest absolute Gasteiger partial charge is 0.347 e. The number of benzene rings is 2. The van der Waals surface area contributed by atoms with Crippen LogP contribution in [0.5, 0.6) is 0 Å². The SMILES string of the molecule is CN(C)C(=O)C(Cc1ccccc1)N=C1NC(=O)CC1=CC1CCN(Cc2ccc(C(F)(F)F)cc2C(F)(F)F)CC1. The fourth-order valence-electron chi connectivity index (χ4n) is 5.20. The predicted molar refractivity (Wildman–Crippen MR) is 145 cm³/mol. The minimum atomic E-state index is -4.91. The van der Waals surface area contributed by atoms with Crippen molar-refractivity contribution in [2.24, 2.45) is 10.9 Å². The molecular weight excluding hydrogens is 562 g/mol. The largest absolute Gasteiger partial charge is 0.416 e. The average Bonchev–Trinajstić information content (AvgIpc) is 3.26. The number of amidine groups is 1. The molecule has 12 heteroatoms. The van der Waals surface area contributed by atoms with E-state index in [2.05, 4.69) is 10.3 Å². The van der Waals surface area contributed by atoms with Crippen molar-refractivity contribution in [3.8, 4) is 0 Å². The highest BCUT2D eigenvalue weighted by Crippen LogP contribution is 2.38. The number of carbonyl (C=O) groups is 2. The summed E-state index contributed by atoms with van der Waals surface area (Å²) in [6, 6.07) is 10.4. The molecule has 42 heavy (non-hydrogen) atoms. The molecule has 0 radical (unpaired) electrons. The number of carbonyl (C=O) groups excluding carboxylic acids is 2. The van der Waals surface area contributed by atoms with Gasteiger partial charge < -0.3 is 10.2 Å². The number of hydrogen-bond donors (Lipinski definition) is 1. The Morgan fingerprint density at radius 2 is 1.71 bits per heavy atom. The summed E-state index contributed by atoms with van der Waals surface area (Å²) in [6.45, 7) is 0.726. The van der Waals surface area contributed by atoms with Crippen molar-refractivity contribution in [3.63, 3.8) is 0 Å². The molecule has 6 nitrogen and oxygen atoms in total. The molecule has 0 saturated carbocycles. The number of likely N-dealkylation sites (tertiary alicyclic amines) is 1. The minimum absolute atomic E-state index is 0.0148. The van der Waals surface area contributed by atoms with Crippen molar-refractivity contribution in [2.75, 3.05) is 27.2 Å². The summed E-state index contributed by atoms with van der Waals surface area (Å²) in [4.78, 5) is 33.1. The number of piperidine rings is 1. The van der Waals surface area contributed by atoms with Crippen molar-refractivity contribution in [2.45, 2.75) is 50.6 Å². The molecule has 1 N–H and O–H groups in total. The Bertz CT molecular complexity index is 1340. The van der Waals surface area contributed by atoms with Gasteiger partial charge in [-0.3, -0.25) is 19.5 Å². The second kappa shape index (κ2) is 12.7. The average molecular weight is 595 g/mol. The lowest BCUT2D eigenvalue weighted by molar-refractivity contribution is -0.143. The number of halogens is 6. The van der Waals surface area contributed by atoms with Crippen LogP contribution in [0.2, 0.25) is 0 Å². The third-order valence-electron chi connectivity index (χ3n) is 7.40. The van der Waals surface area contributed by atoms with Gasteiger partial charge in [0.15, 0.2) is 0 Å². The van der Waals surface area contributed by atoms with Gasteiger partial charge in [-0.15, -0.1) is 0 Å². The molecule has 2 amide bonds. The number of hydrogen-bond acceptors (Lipinski definition) is 4. The van der Waals surface area contributed by atoms with Gasteiger partial charge in [0.25, 0.3) is 0 Å². The highest BCUT2D eigenvalue weighted by Gasteiger charge is 2.38. The fraction of sp³-hybridized carbons (Fsp3) is 0.433. The topological polar surface area (TPSA) is 65.0 Å². The van der Waals surface area contributed by atoms with Gasteiger partial charge in [0.05, 0.1) is 17.5 Å². The molecule has 2 aromatic rings. The van der Waals surface area contributed by atoms with E-state index >= 15 is 0 Å². The highest BCUT2D eigenvalue weighted by atomic mass is 19.4. The van der Waals surface area contributed by atoms with Crippen LogP contribution in [0.1, 0.15) is 41.5 Å². The zero-order valence-electron chi connectivity index (χ0n) is 23.2. The summed E-state index contributed by atoms with van der Waals surface area (Å²) in [6.07, 6.45) is -6.23. The first-order chi connectivity index (χ1) is 19.7. The Morgan fingerprint density at radius 1 is 1.05 bits per heavy atom. The number of aliphatic imine (C=N–C) groups is 1. The zero-order chi connectivity index (χ0) is 30.7. The Morgan fingerprint density at radius 3 is 2.31 bits per heavy atom. The van der Waals surface area contributed by atoms with Gasteiger partial charge >= 0.3 is 12.4 Å². The maximum absolute atomic E-state index is 13.6. The lowest BCUT2D eigenvalue weighted by atomic mass is 9.93. The van der Waals surface area contributed by atoms with Crippen LogP contribution in [-0.2, 0) is 34.9 Å². The summed E-state index contributed by atoms with van der Waals surface area (Å²) in [7, 11) is 3.28. The molecule has 2 saturated heterocycles. The summed E-state index contributed by atoms with van der Waals surface area (Å²) < 4.78 is 79.8. The third-order valence-corrected chi connectivity index (χ3v) is 7.40. The molecule has 2 aliphatic heterocycles. The van der Waals surface area contributed by atoms with Gasteiger partial charge in [-0.25, -0.2) is 0 Å². The molecule has 1 unspecified atom stereocenters. The van der Waals surface area contributed by atoms with Crippen LogP contribution in [-0.4, -0.2) is 60.7 Å². The van der Waals surface area contributed by atoms with Gasteiger partial charge in [-0.2, -0.15) is 26.3 Å². The lowest BCUT2D eigenvalue weighted by Gasteiger charge is -2.31. The van der Waals surface area contributed by atoms with Crippen LogP contribution in [0, 0.1) is 5.92 Å². The van der Waals surface area contributed by atoms with Gasteiger partial charge in [-0.05, 0) is 55.1 Å². The first kappa shape index (κ1) is 31.3. The maximum atomic E-state index is 13.6. The number of nitrogens with one attached hydrogen (secondary N) is 1. The van der Waals surface area contributed by atoms with E-state index in [1.807, 2.05) is 36.4 Å². The first-order valence-corrected chi connectivity index (χ1v) is 13.5. The molecule has 0 spiro atoms. The summed E-state index contributed by atoms with van der Waals surface area (Å²) in [5.74, 6) is -0.0871. The van der Waals surface area contributed by atoms with Crippen LogP contribution in [0.4, 0.5) is 26.3 Å². The van der Waals surface area contributed by atoms with Crippen LogP contribution < -0.4 is 5.32 Å². The Kier molecular flexibility index (Phi) is 9.44. The van der Waals surface area contributed by atoms with Crippen molar-refractivity contribution < 1.29 is 35.9 Å². The van der Waals surface area contributed by atoms with E-state index in [1.54, 1.807) is 19.0 Å². The number of nitrogens with zero attached hydrogens (tertiary/aromatic N) is 3. The molecular formula is C30H32F6N4O2. The van der Waals surface area contributed by atoms with Crippen molar-refractivity contribution >= 4 is 17.6 Å². The quantitative estimate of drug-likeness (QED) is 0.432. The zero-order valence-corrected chi connectivity index (χ0v) is 23.2. The van der Waals surface area contributed by atoms with E-state index in [-0.39, 0.29) is 42.3 Å². The van der Waals surface area contributed by atoms with Gasteiger partial charge in [0.1, 0.15) is 11.9 Å². The molecule has 0 aliphatic carbocycles. The molecule has 0 aromatic heterocycles. The van der Waals surface area contributed by atoms with E-state index in [1.165, 1.54) is 4.90 Å². The van der Waals surface area contributed by atoms with E-state index in [0.717, 1.165) is 11.6 Å². The minimum Gasteiger partial charge on any atom is -0.347 e. The van der Waals surface area contributed by atoms with Crippen LogP contribution in [0.15, 0.2) is 65.2 Å². The number of rotatable bonds is 7. The van der Waals surface area contributed by atoms with Gasteiger partial charge in [0, 0.05) is 32.6 Å². The Balaban J connectivity index is 1.46. The highest BCUT2D eigenvalue weighted by molar-refractivity contribution is 6.16. The van der Waals surface area contributed by atoms with Crippen LogP contribution in [0.25, 0.3) is 0 Å². The molecule has 1 atom stereocenters. The van der Waals surface area contributed by atoms with E-state index in [0.29, 0.717) is 49.8 Å². The number of amides is 2. The molecule has 2 fully saturated rings. The van der Waals surface area contributed by atoms with Gasteiger partial charge in [0.2, 0.25) is 11.8 Å². The van der Waals surface area contributed by atoms with E-state index in [9.17, 15) is 35.9 Å².